The quantitative estimate of drug-likeness (QED) is 0.574. The van der Waals surface area contributed by atoms with E-state index in [1.54, 1.807) is 37.3 Å². The highest BCUT2D eigenvalue weighted by atomic mass is 16.5. The van der Waals surface area contributed by atoms with Crippen LogP contribution in [0.3, 0.4) is 0 Å². The van der Waals surface area contributed by atoms with Gasteiger partial charge >= 0.3 is 11.9 Å². The predicted octanol–water partition coefficient (Wildman–Crippen LogP) is 0.539. The number of benzene rings is 1. The molecule has 1 N–H and O–H groups in total. The van der Waals surface area contributed by atoms with Crippen molar-refractivity contribution < 1.29 is 33.8 Å². The van der Waals surface area contributed by atoms with Crippen LogP contribution in [0.2, 0.25) is 0 Å². The number of quaternary nitrogens is 1. The summed E-state index contributed by atoms with van der Waals surface area (Å²) in [5, 5.41) is 18.8. The highest BCUT2D eigenvalue weighted by Crippen LogP contribution is 2.05. The van der Waals surface area contributed by atoms with Crippen molar-refractivity contribution in [2.24, 2.45) is 0 Å². The fraction of sp³-hybridized carbons (Fsp3) is 0.471. The number of esters is 1. The van der Waals surface area contributed by atoms with Crippen molar-refractivity contribution >= 4 is 17.9 Å². The maximum atomic E-state index is 11.0. The largest absolute Gasteiger partial charge is 0.550 e. The molecule has 1 rings (SSSR count). The molecule has 0 aliphatic heterocycles. The Kier molecular flexibility index (Phi) is 9.34. The number of hydrogen-bond acceptors (Lipinski definition) is 5. The van der Waals surface area contributed by atoms with E-state index in [1.807, 2.05) is 21.1 Å². The third-order valence-electron chi connectivity index (χ3n) is 2.75. The molecule has 0 fully saturated rings. The Hall–Kier alpha value is -2.41. The fourth-order valence-corrected chi connectivity index (χ4v) is 1.79. The molecule has 0 aliphatic rings. The van der Waals surface area contributed by atoms with Gasteiger partial charge in [0.2, 0.25) is 0 Å². The van der Waals surface area contributed by atoms with Crippen molar-refractivity contribution in [1.29, 1.82) is 0 Å². The molecular weight excluding hydrogens is 314 g/mol. The number of hydrogen-bond donors (Lipinski definition) is 1. The number of likely N-dealkylation sites (N-methyl/N-ethyl adjacent to an activating group) is 1. The van der Waals surface area contributed by atoms with E-state index in [4.69, 9.17) is 9.84 Å². The van der Waals surface area contributed by atoms with Crippen molar-refractivity contribution in [2.45, 2.75) is 25.9 Å². The molecule has 1 aromatic carbocycles. The van der Waals surface area contributed by atoms with Gasteiger partial charge in [-0.15, -0.1) is 0 Å². The van der Waals surface area contributed by atoms with Crippen LogP contribution in [-0.4, -0.2) is 61.3 Å². The molecule has 24 heavy (non-hydrogen) atoms. The van der Waals surface area contributed by atoms with E-state index in [9.17, 15) is 19.5 Å². The Bertz CT molecular complexity index is 536. The normalized spacial score (nSPS) is 11.7. The number of aliphatic carboxylic acids is 1. The molecule has 0 heterocycles. The average molecular weight is 339 g/mol. The third-order valence-corrected chi connectivity index (χ3v) is 2.75. The lowest BCUT2D eigenvalue weighted by atomic mass is 10.2. The van der Waals surface area contributed by atoms with Crippen molar-refractivity contribution in [2.75, 3.05) is 27.7 Å². The fourth-order valence-electron chi connectivity index (χ4n) is 1.79. The van der Waals surface area contributed by atoms with E-state index in [0.29, 0.717) is 16.6 Å². The van der Waals surface area contributed by atoms with E-state index in [2.05, 4.69) is 0 Å². The van der Waals surface area contributed by atoms with Crippen LogP contribution in [0.4, 0.5) is 0 Å². The molecule has 1 aromatic rings. The molecule has 0 aromatic heterocycles. The predicted molar refractivity (Wildman–Crippen MR) is 86.1 cm³/mol. The van der Waals surface area contributed by atoms with Crippen LogP contribution in [0.5, 0.6) is 0 Å². The van der Waals surface area contributed by atoms with E-state index in [-0.39, 0.29) is 18.8 Å². The number of nitrogens with zero attached hydrogens (tertiary/aromatic N) is 1. The van der Waals surface area contributed by atoms with Crippen LogP contribution in [-0.2, 0) is 14.3 Å². The third kappa shape index (κ3) is 11.2. The van der Waals surface area contributed by atoms with E-state index < -0.39 is 18.0 Å². The molecule has 0 unspecified atom stereocenters. The van der Waals surface area contributed by atoms with Gasteiger partial charge < -0.3 is 24.2 Å². The van der Waals surface area contributed by atoms with Gasteiger partial charge in [0.25, 0.3) is 0 Å². The summed E-state index contributed by atoms with van der Waals surface area (Å²) < 4.78 is 5.55. The number of rotatable bonds is 7. The van der Waals surface area contributed by atoms with Gasteiger partial charge in [-0.2, -0.15) is 0 Å². The van der Waals surface area contributed by atoms with Crippen LogP contribution < -0.4 is 5.11 Å². The van der Waals surface area contributed by atoms with Crippen molar-refractivity contribution in [3.63, 3.8) is 0 Å². The lowest BCUT2D eigenvalue weighted by Crippen LogP contribution is -2.45. The molecule has 134 valence electrons. The SMILES string of the molecule is CCC(=O)O[C@H](CC(=O)[O-])C[N+](C)(C)C.O=C(O)c1ccccc1. The molecule has 0 saturated carbocycles. The first-order valence-electron chi connectivity index (χ1n) is 7.53. The van der Waals surface area contributed by atoms with Crippen LogP contribution in [0.25, 0.3) is 0 Å². The standard InChI is InChI=1S/C10H19NO4.C7H6O2/c1-5-10(14)15-8(6-9(12)13)7-11(2,3)4;8-7(9)6-4-2-1-3-5-6/h8H,5-7H2,1-4H3;1-5H,(H,8,9)/t8-;/m1./s1. The first-order chi connectivity index (χ1) is 11.0. The summed E-state index contributed by atoms with van der Waals surface area (Å²) in [5.41, 5.74) is 0.331. The summed E-state index contributed by atoms with van der Waals surface area (Å²) in [6, 6.07) is 8.30. The average Bonchev–Trinajstić information content (AvgIpc) is 2.46. The summed E-state index contributed by atoms with van der Waals surface area (Å²) in [7, 11) is 5.71. The zero-order valence-corrected chi connectivity index (χ0v) is 14.5. The highest BCUT2D eigenvalue weighted by Gasteiger charge is 2.21. The Labute approximate surface area is 142 Å². The summed E-state index contributed by atoms with van der Waals surface area (Å²) in [6.45, 7) is 2.13. The molecule has 0 amide bonds. The van der Waals surface area contributed by atoms with Gasteiger partial charge in [0.05, 0.1) is 26.7 Å². The Morgan fingerprint density at radius 2 is 1.71 bits per heavy atom. The van der Waals surface area contributed by atoms with Gasteiger partial charge in [-0.3, -0.25) is 4.79 Å². The molecular formula is C17H25NO6. The van der Waals surface area contributed by atoms with Crippen LogP contribution in [0.15, 0.2) is 30.3 Å². The first kappa shape index (κ1) is 21.6. The molecule has 7 nitrogen and oxygen atoms in total. The monoisotopic (exact) mass is 339 g/mol. The minimum absolute atomic E-state index is 0.249. The summed E-state index contributed by atoms with van der Waals surface area (Å²) in [6.07, 6.45) is -0.607. The van der Waals surface area contributed by atoms with E-state index in [0.717, 1.165) is 0 Å². The maximum Gasteiger partial charge on any atom is 0.335 e. The van der Waals surface area contributed by atoms with Crippen molar-refractivity contribution in [1.82, 2.24) is 0 Å². The number of carbonyl (C=O) groups excluding carboxylic acids is 2. The molecule has 0 aliphatic carbocycles. The molecule has 0 spiro atoms. The Balaban J connectivity index is 0.000000496. The second-order valence-electron chi connectivity index (χ2n) is 6.19. The number of ether oxygens (including phenoxy) is 1. The smallest absolute Gasteiger partial charge is 0.335 e. The number of carboxylic acid groups (broad SMARTS) is 2. The minimum atomic E-state index is -1.20. The molecule has 0 bridgehead atoms. The lowest BCUT2D eigenvalue weighted by Gasteiger charge is -2.29. The molecule has 7 heteroatoms. The molecule has 0 saturated heterocycles. The molecule has 0 radical (unpaired) electrons. The summed E-state index contributed by atoms with van der Waals surface area (Å²) in [5.74, 6) is -2.46. The van der Waals surface area contributed by atoms with E-state index in [1.165, 1.54) is 0 Å². The van der Waals surface area contributed by atoms with Gasteiger partial charge in [0.1, 0.15) is 6.54 Å². The van der Waals surface area contributed by atoms with Crippen molar-refractivity contribution in [3.8, 4) is 0 Å². The summed E-state index contributed by atoms with van der Waals surface area (Å²) in [4.78, 5) is 31.7. The van der Waals surface area contributed by atoms with Crippen LogP contribution >= 0.6 is 0 Å². The van der Waals surface area contributed by atoms with Gasteiger partial charge in [0.15, 0.2) is 6.10 Å². The second kappa shape index (κ2) is 10.4. The van der Waals surface area contributed by atoms with Gasteiger partial charge in [-0.25, -0.2) is 4.79 Å². The zero-order chi connectivity index (χ0) is 18.8. The highest BCUT2D eigenvalue weighted by molar-refractivity contribution is 5.87. The van der Waals surface area contributed by atoms with Crippen LogP contribution in [0.1, 0.15) is 30.1 Å². The van der Waals surface area contributed by atoms with Crippen LogP contribution in [0, 0.1) is 0 Å². The van der Waals surface area contributed by atoms with Gasteiger partial charge in [-0.1, -0.05) is 25.1 Å². The lowest BCUT2D eigenvalue weighted by molar-refractivity contribution is -0.873. The Morgan fingerprint density at radius 3 is 2.04 bits per heavy atom. The zero-order valence-electron chi connectivity index (χ0n) is 14.5. The Morgan fingerprint density at radius 1 is 1.17 bits per heavy atom. The van der Waals surface area contributed by atoms with Gasteiger partial charge in [-0.05, 0) is 12.1 Å². The second-order valence-corrected chi connectivity index (χ2v) is 6.19. The maximum absolute atomic E-state index is 11.0. The number of aromatic carboxylic acids is 1. The topological polar surface area (TPSA) is 104 Å². The number of carbonyl (C=O) groups is 3. The number of carboxylic acids is 2. The first-order valence-corrected chi connectivity index (χ1v) is 7.53. The summed E-state index contributed by atoms with van der Waals surface area (Å²) >= 11 is 0. The van der Waals surface area contributed by atoms with Gasteiger partial charge in [0, 0.05) is 18.8 Å². The van der Waals surface area contributed by atoms with E-state index >= 15 is 0 Å². The van der Waals surface area contributed by atoms with Crippen molar-refractivity contribution in [3.05, 3.63) is 35.9 Å². The minimum Gasteiger partial charge on any atom is -0.550 e. The molecule has 1 atom stereocenters.